The van der Waals surface area contributed by atoms with E-state index in [1.165, 1.54) is 12.1 Å². The van der Waals surface area contributed by atoms with Gasteiger partial charge >= 0.3 is 12.2 Å². The lowest BCUT2D eigenvalue weighted by Gasteiger charge is -2.24. The minimum atomic E-state index is -4.49. The number of amides is 2. The summed E-state index contributed by atoms with van der Waals surface area (Å²) in [4.78, 5) is 21.2. The molecule has 180 valence electrons. The molecule has 0 aliphatic heterocycles. The first-order valence-corrected chi connectivity index (χ1v) is 10.7. The molecule has 0 atom stereocenters. The van der Waals surface area contributed by atoms with Crippen LogP contribution in [0.3, 0.4) is 0 Å². The van der Waals surface area contributed by atoms with Gasteiger partial charge < -0.3 is 21.3 Å². The zero-order valence-electron chi connectivity index (χ0n) is 19.3. The molecule has 0 saturated heterocycles. The quantitative estimate of drug-likeness (QED) is 0.304. The second-order valence-electron chi connectivity index (χ2n) is 8.45. The summed E-state index contributed by atoms with van der Waals surface area (Å²) in [5.74, 6) is 1.10. The standard InChI is InChI=1S/C24H27F3N6O/c1-5-23(3,4)33-21-28-14-15(2)20(32-21)29-18-10-7-11-19(13-18)31-22(34)30-17-9-6-8-16(12-17)24(25,26)27/h6-14H,5H2,1-4H3,(H2,30,31,34)(H2,28,29,32,33). The first-order chi connectivity index (χ1) is 15.9. The summed E-state index contributed by atoms with van der Waals surface area (Å²) < 4.78 is 38.6. The number of hydrogen-bond acceptors (Lipinski definition) is 5. The lowest BCUT2D eigenvalue weighted by molar-refractivity contribution is -0.137. The fourth-order valence-electron chi connectivity index (χ4n) is 2.90. The summed E-state index contributed by atoms with van der Waals surface area (Å²) >= 11 is 0. The van der Waals surface area contributed by atoms with Crippen LogP contribution in [0.5, 0.6) is 0 Å². The van der Waals surface area contributed by atoms with Crippen molar-refractivity contribution in [1.29, 1.82) is 0 Å². The SMILES string of the molecule is CCC(C)(C)Nc1ncc(C)c(Nc2cccc(NC(=O)Nc3cccc(C(F)(F)F)c3)c2)n1. The van der Waals surface area contributed by atoms with E-state index in [9.17, 15) is 18.0 Å². The van der Waals surface area contributed by atoms with Crippen molar-refractivity contribution in [2.24, 2.45) is 0 Å². The Morgan fingerprint density at radius 3 is 2.24 bits per heavy atom. The zero-order valence-corrected chi connectivity index (χ0v) is 19.3. The molecule has 4 N–H and O–H groups in total. The number of hydrogen-bond donors (Lipinski definition) is 4. The van der Waals surface area contributed by atoms with E-state index in [4.69, 9.17) is 0 Å². The van der Waals surface area contributed by atoms with E-state index < -0.39 is 17.8 Å². The third kappa shape index (κ3) is 6.84. The van der Waals surface area contributed by atoms with E-state index in [0.29, 0.717) is 23.1 Å². The number of urea groups is 1. The topological polar surface area (TPSA) is 91.0 Å². The van der Waals surface area contributed by atoms with Gasteiger partial charge in [0.15, 0.2) is 0 Å². The number of anilines is 5. The van der Waals surface area contributed by atoms with E-state index in [1.54, 1.807) is 30.5 Å². The fourth-order valence-corrected chi connectivity index (χ4v) is 2.90. The second kappa shape index (κ2) is 9.98. The molecule has 2 aromatic carbocycles. The molecule has 1 aromatic heterocycles. The van der Waals surface area contributed by atoms with Crippen LogP contribution in [0, 0.1) is 6.92 Å². The van der Waals surface area contributed by atoms with Crippen molar-refractivity contribution in [3.8, 4) is 0 Å². The smallest absolute Gasteiger partial charge is 0.349 e. The lowest BCUT2D eigenvalue weighted by atomic mass is 10.0. The van der Waals surface area contributed by atoms with Crippen LogP contribution in [0.1, 0.15) is 38.3 Å². The van der Waals surface area contributed by atoms with E-state index in [0.717, 1.165) is 24.1 Å². The molecule has 3 rings (SSSR count). The average molecular weight is 473 g/mol. The van der Waals surface area contributed by atoms with Crippen LogP contribution in [-0.2, 0) is 6.18 Å². The maximum atomic E-state index is 12.9. The predicted octanol–water partition coefficient (Wildman–Crippen LogP) is 6.79. The van der Waals surface area contributed by atoms with Gasteiger partial charge in [0.05, 0.1) is 5.56 Å². The van der Waals surface area contributed by atoms with E-state index >= 15 is 0 Å². The van der Waals surface area contributed by atoms with Crippen LogP contribution in [0.2, 0.25) is 0 Å². The maximum absolute atomic E-state index is 12.9. The number of halogens is 3. The highest BCUT2D eigenvalue weighted by atomic mass is 19.4. The van der Waals surface area contributed by atoms with Gasteiger partial charge in [0.1, 0.15) is 5.82 Å². The molecule has 0 spiro atoms. The van der Waals surface area contributed by atoms with Crippen LogP contribution in [0.25, 0.3) is 0 Å². The summed E-state index contributed by atoms with van der Waals surface area (Å²) in [6, 6.07) is 10.7. The number of alkyl halides is 3. The largest absolute Gasteiger partial charge is 0.416 e. The number of benzene rings is 2. The molecular formula is C24H27F3N6O. The minimum absolute atomic E-state index is 0.0354. The Bertz CT molecular complexity index is 1160. The normalized spacial score (nSPS) is 11.6. The Morgan fingerprint density at radius 2 is 1.59 bits per heavy atom. The molecule has 7 nitrogen and oxygen atoms in total. The molecule has 2 amide bonds. The van der Waals surface area contributed by atoms with Gasteiger partial charge in [-0.2, -0.15) is 18.2 Å². The van der Waals surface area contributed by atoms with Crippen LogP contribution in [-0.4, -0.2) is 21.5 Å². The zero-order chi connectivity index (χ0) is 24.9. The summed E-state index contributed by atoms with van der Waals surface area (Å²) in [6.07, 6.45) is -1.88. The molecule has 0 saturated carbocycles. The van der Waals surface area contributed by atoms with Gasteiger partial charge in [-0.3, -0.25) is 0 Å². The molecule has 0 radical (unpaired) electrons. The van der Waals surface area contributed by atoms with Gasteiger partial charge in [-0.05, 0) is 63.6 Å². The molecular weight excluding hydrogens is 445 g/mol. The Balaban J connectivity index is 1.69. The first kappa shape index (κ1) is 24.8. The number of carbonyl (C=O) groups excluding carboxylic acids is 1. The molecule has 3 aromatic rings. The Labute approximate surface area is 196 Å². The minimum Gasteiger partial charge on any atom is -0.349 e. The van der Waals surface area contributed by atoms with Gasteiger partial charge in [-0.25, -0.2) is 9.78 Å². The Morgan fingerprint density at radius 1 is 0.971 bits per heavy atom. The van der Waals surface area contributed by atoms with E-state index in [-0.39, 0.29) is 11.2 Å². The summed E-state index contributed by atoms with van der Waals surface area (Å²) in [5, 5.41) is 11.6. The van der Waals surface area contributed by atoms with Gasteiger partial charge in [-0.1, -0.05) is 19.1 Å². The third-order valence-electron chi connectivity index (χ3n) is 5.14. The number of aryl methyl sites for hydroxylation is 1. The van der Waals surface area contributed by atoms with Gasteiger partial charge in [-0.15, -0.1) is 0 Å². The summed E-state index contributed by atoms with van der Waals surface area (Å²) in [7, 11) is 0. The van der Waals surface area contributed by atoms with Crippen molar-refractivity contribution in [3.63, 3.8) is 0 Å². The fraction of sp³-hybridized carbons (Fsp3) is 0.292. The second-order valence-corrected chi connectivity index (χ2v) is 8.45. The highest BCUT2D eigenvalue weighted by molar-refractivity contribution is 6.00. The molecule has 0 aliphatic carbocycles. The average Bonchev–Trinajstić information content (AvgIpc) is 2.76. The third-order valence-corrected chi connectivity index (χ3v) is 5.14. The lowest BCUT2D eigenvalue weighted by Crippen LogP contribution is -2.30. The molecule has 0 unspecified atom stereocenters. The van der Waals surface area contributed by atoms with Crippen LogP contribution in [0.15, 0.2) is 54.7 Å². The number of aromatic nitrogens is 2. The van der Waals surface area contributed by atoms with Crippen molar-refractivity contribution >= 4 is 34.9 Å². The van der Waals surface area contributed by atoms with Crippen LogP contribution >= 0.6 is 0 Å². The monoisotopic (exact) mass is 472 g/mol. The van der Waals surface area contributed by atoms with Gasteiger partial charge in [0.2, 0.25) is 5.95 Å². The molecule has 10 heteroatoms. The van der Waals surface area contributed by atoms with Crippen molar-refractivity contribution < 1.29 is 18.0 Å². The molecule has 34 heavy (non-hydrogen) atoms. The maximum Gasteiger partial charge on any atom is 0.416 e. The molecule has 0 bridgehead atoms. The Kier molecular flexibility index (Phi) is 7.29. The van der Waals surface area contributed by atoms with E-state index in [2.05, 4.69) is 52.0 Å². The number of rotatable bonds is 7. The number of carbonyl (C=O) groups is 1. The predicted molar refractivity (Wildman–Crippen MR) is 129 cm³/mol. The highest BCUT2D eigenvalue weighted by Gasteiger charge is 2.30. The summed E-state index contributed by atoms with van der Waals surface area (Å²) in [6.45, 7) is 8.06. The molecule has 0 fully saturated rings. The van der Waals surface area contributed by atoms with Crippen molar-refractivity contribution in [1.82, 2.24) is 9.97 Å². The van der Waals surface area contributed by atoms with Crippen molar-refractivity contribution in [3.05, 3.63) is 65.9 Å². The van der Waals surface area contributed by atoms with Gasteiger partial charge in [0, 0.05) is 34.4 Å². The van der Waals surface area contributed by atoms with Crippen LogP contribution in [0.4, 0.5) is 46.8 Å². The Hall–Kier alpha value is -3.82. The number of nitrogens with zero attached hydrogens (tertiary/aromatic N) is 2. The van der Waals surface area contributed by atoms with Crippen LogP contribution < -0.4 is 21.3 Å². The van der Waals surface area contributed by atoms with Gasteiger partial charge in [0.25, 0.3) is 0 Å². The van der Waals surface area contributed by atoms with Crippen molar-refractivity contribution in [2.75, 3.05) is 21.3 Å². The highest BCUT2D eigenvalue weighted by Crippen LogP contribution is 2.30. The molecule has 1 heterocycles. The van der Waals surface area contributed by atoms with Crippen molar-refractivity contribution in [2.45, 2.75) is 45.8 Å². The van der Waals surface area contributed by atoms with E-state index in [1.807, 2.05) is 6.92 Å². The first-order valence-electron chi connectivity index (χ1n) is 10.7. The number of nitrogens with one attached hydrogen (secondary N) is 4. The molecule has 0 aliphatic rings. The summed E-state index contributed by atoms with van der Waals surface area (Å²) in [5.41, 5.74) is 0.983.